The van der Waals surface area contributed by atoms with Crippen molar-refractivity contribution >= 4 is 11.6 Å². The lowest BCUT2D eigenvalue weighted by atomic mass is 10.1. The normalized spacial score (nSPS) is 11.8. The number of aryl methyl sites for hydroxylation is 1. The van der Waals surface area contributed by atoms with Gasteiger partial charge >= 0.3 is 0 Å². The van der Waals surface area contributed by atoms with Crippen LogP contribution in [0, 0.1) is 12.7 Å². The minimum Gasteiger partial charge on any atom is -0.207 e. The Morgan fingerprint density at radius 1 is 1.31 bits per heavy atom. The third kappa shape index (κ3) is 2.15. The Bertz CT molecular complexity index is 328. The van der Waals surface area contributed by atoms with Gasteiger partial charge in [0, 0.05) is 12.5 Å². The van der Waals surface area contributed by atoms with Gasteiger partial charge in [-0.1, -0.05) is 11.6 Å². The van der Waals surface area contributed by atoms with Crippen LogP contribution >= 0.6 is 11.6 Å². The molecule has 0 bridgehead atoms. The second-order valence-electron chi connectivity index (χ2n) is 2.97. The molecule has 0 unspecified atom stereocenters. The standard InChI is InChI=1S/C9H8ClF3/c1-5-3-7(10)6(4-8(5)11)9(2,12)13/h3-4H,1-2H3. The van der Waals surface area contributed by atoms with Gasteiger partial charge in [-0.25, -0.2) is 13.2 Å². The average molecular weight is 209 g/mol. The summed E-state index contributed by atoms with van der Waals surface area (Å²) in [6.45, 7) is 2.15. The highest BCUT2D eigenvalue weighted by molar-refractivity contribution is 6.31. The van der Waals surface area contributed by atoms with E-state index in [1.54, 1.807) is 0 Å². The van der Waals surface area contributed by atoms with Crippen LogP contribution in [-0.4, -0.2) is 0 Å². The van der Waals surface area contributed by atoms with Crippen LogP contribution in [0.15, 0.2) is 12.1 Å². The summed E-state index contributed by atoms with van der Waals surface area (Å²) in [5.41, 5.74) is -0.213. The molecule has 1 rings (SSSR count). The van der Waals surface area contributed by atoms with Gasteiger partial charge in [0.05, 0.1) is 5.02 Å². The van der Waals surface area contributed by atoms with Gasteiger partial charge in [0.2, 0.25) is 0 Å². The van der Waals surface area contributed by atoms with Crippen LogP contribution in [-0.2, 0) is 5.92 Å². The van der Waals surface area contributed by atoms with E-state index >= 15 is 0 Å². The SMILES string of the molecule is Cc1cc(Cl)c(C(C)(F)F)cc1F. The number of benzene rings is 1. The predicted molar refractivity (Wildman–Crippen MR) is 45.7 cm³/mol. The number of alkyl halides is 2. The molecule has 0 saturated heterocycles. The molecule has 0 N–H and O–H groups in total. The number of rotatable bonds is 1. The van der Waals surface area contributed by atoms with Gasteiger partial charge in [-0.15, -0.1) is 0 Å². The van der Waals surface area contributed by atoms with E-state index in [9.17, 15) is 13.2 Å². The lowest BCUT2D eigenvalue weighted by molar-refractivity contribution is 0.0172. The fraction of sp³-hybridized carbons (Fsp3) is 0.333. The Kier molecular flexibility index (Phi) is 2.57. The highest BCUT2D eigenvalue weighted by Gasteiger charge is 2.28. The Balaban J connectivity index is 3.32. The maximum Gasteiger partial charge on any atom is 0.272 e. The van der Waals surface area contributed by atoms with Crippen LogP contribution in [0.1, 0.15) is 18.1 Å². The number of hydrogen-bond acceptors (Lipinski definition) is 0. The van der Waals surface area contributed by atoms with E-state index in [0.29, 0.717) is 6.92 Å². The lowest BCUT2D eigenvalue weighted by Crippen LogP contribution is -2.08. The molecule has 0 aliphatic rings. The largest absolute Gasteiger partial charge is 0.272 e. The molecular formula is C9H8ClF3. The molecule has 72 valence electrons. The first-order valence-electron chi connectivity index (χ1n) is 3.66. The Labute approximate surface area is 79.3 Å². The van der Waals surface area contributed by atoms with Gasteiger partial charge in [0.15, 0.2) is 0 Å². The van der Waals surface area contributed by atoms with Crippen molar-refractivity contribution in [2.75, 3.05) is 0 Å². The molecule has 0 amide bonds. The highest BCUT2D eigenvalue weighted by atomic mass is 35.5. The number of halogens is 4. The van der Waals surface area contributed by atoms with E-state index < -0.39 is 17.3 Å². The fourth-order valence-corrected chi connectivity index (χ4v) is 1.37. The molecule has 0 atom stereocenters. The molecule has 1 aromatic carbocycles. The van der Waals surface area contributed by atoms with E-state index in [4.69, 9.17) is 11.6 Å². The zero-order valence-corrected chi connectivity index (χ0v) is 7.92. The first kappa shape index (κ1) is 10.4. The van der Waals surface area contributed by atoms with E-state index in [1.165, 1.54) is 13.0 Å². The van der Waals surface area contributed by atoms with E-state index in [-0.39, 0.29) is 10.6 Å². The number of hydrogen-bond donors (Lipinski definition) is 0. The summed E-state index contributed by atoms with van der Waals surface area (Å²) >= 11 is 5.54. The van der Waals surface area contributed by atoms with Crippen LogP contribution in [0.5, 0.6) is 0 Å². The highest BCUT2D eigenvalue weighted by Crippen LogP contribution is 2.34. The molecule has 0 fully saturated rings. The van der Waals surface area contributed by atoms with Gasteiger partial charge in [-0.2, -0.15) is 0 Å². The van der Waals surface area contributed by atoms with Crippen LogP contribution in [0.2, 0.25) is 5.02 Å². The van der Waals surface area contributed by atoms with Crippen LogP contribution < -0.4 is 0 Å². The van der Waals surface area contributed by atoms with Gasteiger partial charge in [0.25, 0.3) is 5.92 Å². The molecule has 0 saturated carbocycles. The molecular weight excluding hydrogens is 201 g/mol. The van der Waals surface area contributed by atoms with Crippen molar-refractivity contribution in [1.82, 2.24) is 0 Å². The van der Waals surface area contributed by atoms with Crippen molar-refractivity contribution in [1.29, 1.82) is 0 Å². The van der Waals surface area contributed by atoms with Crippen LogP contribution in [0.3, 0.4) is 0 Å². The van der Waals surface area contributed by atoms with Gasteiger partial charge in [-0.05, 0) is 24.6 Å². The maximum absolute atomic E-state index is 12.9. The summed E-state index contributed by atoms with van der Waals surface area (Å²) in [5, 5.41) is -0.105. The van der Waals surface area contributed by atoms with Crippen molar-refractivity contribution < 1.29 is 13.2 Å². The van der Waals surface area contributed by atoms with Gasteiger partial charge < -0.3 is 0 Å². The maximum atomic E-state index is 12.9. The van der Waals surface area contributed by atoms with E-state index in [1.807, 2.05) is 0 Å². The fourth-order valence-electron chi connectivity index (χ4n) is 0.983. The topological polar surface area (TPSA) is 0 Å². The monoisotopic (exact) mass is 208 g/mol. The first-order valence-corrected chi connectivity index (χ1v) is 4.04. The molecule has 4 heteroatoms. The molecule has 0 radical (unpaired) electrons. The smallest absolute Gasteiger partial charge is 0.207 e. The van der Waals surface area contributed by atoms with Gasteiger partial charge in [-0.3, -0.25) is 0 Å². The predicted octanol–water partition coefficient (Wildman–Crippen LogP) is 3.90. The zero-order valence-electron chi connectivity index (χ0n) is 7.17. The molecule has 1 aromatic rings. The van der Waals surface area contributed by atoms with Crippen LogP contribution in [0.4, 0.5) is 13.2 Å². The summed E-state index contributed by atoms with van der Waals surface area (Å²) in [4.78, 5) is 0. The molecule has 0 nitrogen and oxygen atoms in total. The van der Waals surface area contributed by atoms with Crippen molar-refractivity contribution in [3.8, 4) is 0 Å². The molecule has 0 heterocycles. The Morgan fingerprint density at radius 3 is 2.31 bits per heavy atom. The molecule has 0 aliphatic heterocycles. The van der Waals surface area contributed by atoms with Crippen molar-refractivity contribution in [3.05, 3.63) is 34.1 Å². The molecule has 13 heavy (non-hydrogen) atoms. The Morgan fingerprint density at radius 2 is 1.85 bits per heavy atom. The first-order chi connectivity index (χ1) is 5.82. The van der Waals surface area contributed by atoms with Crippen molar-refractivity contribution in [2.24, 2.45) is 0 Å². The summed E-state index contributed by atoms with van der Waals surface area (Å²) < 4.78 is 38.4. The summed E-state index contributed by atoms with van der Waals surface area (Å²) in [7, 11) is 0. The average Bonchev–Trinajstić information content (AvgIpc) is 1.94. The third-order valence-electron chi connectivity index (χ3n) is 1.72. The summed E-state index contributed by atoms with van der Waals surface area (Å²) in [5.74, 6) is -3.77. The second kappa shape index (κ2) is 3.22. The molecule has 0 aliphatic carbocycles. The zero-order chi connectivity index (χ0) is 10.2. The van der Waals surface area contributed by atoms with Crippen molar-refractivity contribution in [3.63, 3.8) is 0 Å². The summed E-state index contributed by atoms with van der Waals surface area (Å²) in [6, 6.07) is 1.97. The van der Waals surface area contributed by atoms with Crippen LogP contribution in [0.25, 0.3) is 0 Å². The minimum atomic E-state index is -3.11. The van der Waals surface area contributed by atoms with E-state index in [0.717, 1.165) is 6.07 Å². The quantitative estimate of drug-likeness (QED) is 0.657. The summed E-state index contributed by atoms with van der Waals surface area (Å²) in [6.07, 6.45) is 0. The molecule has 0 aromatic heterocycles. The van der Waals surface area contributed by atoms with Crippen molar-refractivity contribution in [2.45, 2.75) is 19.8 Å². The van der Waals surface area contributed by atoms with E-state index in [2.05, 4.69) is 0 Å². The van der Waals surface area contributed by atoms with Gasteiger partial charge in [0.1, 0.15) is 5.82 Å². The molecule has 0 spiro atoms. The minimum absolute atomic E-state index is 0.105. The third-order valence-corrected chi connectivity index (χ3v) is 2.03. The Hall–Kier alpha value is -0.700. The second-order valence-corrected chi connectivity index (χ2v) is 3.38. The lowest BCUT2D eigenvalue weighted by Gasteiger charge is -2.13.